The minimum atomic E-state index is 0.120. The Kier molecular flexibility index (Phi) is 6.63. The van der Waals surface area contributed by atoms with Gasteiger partial charge >= 0.3 is 0 Å². The van der Waals surface area contributed by atoms with Crippen molar-refractivity contribution in [3.63, 3.8) is 0 Å². The normalized spacial score (nSPS) is 14.2. The van der Waals surface area contributed by atoms with Gasteiger partial charge in [0.05, 0.1) is 7.11 Å². The highest BCUT2D eigenvalue weighted by Crippen LogP contribution is 2.36. The van der Waals surface area contributed by atoms with Crippen LogP contribution in [0.3, 0.4) is 0 Å². The molecule has 0 fully saturated rings. The number of aliphatic hydroxyl groups is 1. The van der Waals surface area contributed by atoms with E-state index < -0.39 is 0 Å². The van der Waals surface area contributed by atoms with Gasteiger partial charge in [-0.2, -0.15) is 0 Å². The first-order chi connectivity index (χ1) is 9.07. The van der Waals surface area contributed by atoms with Crippen molar-refractivity contribution in [1.82, 2.24) is 0 Å². The zero-order chi connectivity index (χ0) is 14.4. The van der Waals surface area contributed by atoms with E-state index in [2.05, 4.69) is 6.92 Å². The topological polar surface area (TPSA) is 55.5 Å². The van der Waals surface area contributed by atoms with Crippen LogP contribution in [0.4, 0.5) is 0 Å². The highest BCUT2D eigenvalue weighted by atomic mass is 35.5. The van der Waals surface area contributed by atoms with E-state index in [1.54, 1.807) is 7.11 Å². The first-order valence-electron chi connectivity index (χ1n) is 6.72. The molecule has 2 atom stereocenters. The average molecular weight is 286 g/mol. The number of methoxy groups -OCH3 is 1. The van der Waals surface area contributed by atoms with Crippen LogP contribution in [-0.2, 0) is 0 Å². The molecule has 0 spiro atoms. The summed E-state index contributed by atoms with van der Waals surface area (Å²) in [7, 11) is 1.67. The van der Waals surface area contributed by atoms with Gasteiger partial charge in [-0.15, -0.1) is 0 Å². The molecule has 0 bridgehead atoms. The molecule has 1 aromatic rings. The molecule has 0 amide bonds. The minimum absolute atomic E-state index is 0.120. The molecule has 0 aromatic heterocycles. The monoisotopic (exact) mass is 285 g/mol. The van der Waals surface area contributed by atoms with Gasteiger partial charge in [0.25, 0.3) is 0 Å². The number of nitrogens with two attached hydrogens (primary N) is 1. The lowest BCUT2D eigenvalue weighted by Crippen LogP contribution is -2.21. The van der Waals surface area contributed by atoms with Crippen LogP contribution in [0.25, 0.3) is 0 Å². The predicted octanol–water partition coefficient (Wildman–Crippen LogP) is 3.11. The summed E-state index contributed by atoms with van der Waals surface area (Å²) >= 11 is 6.22. The molecule has 3 nitrogen and oxygen atoms in total. The van der Waals surface area contributed by atoms with Crippen LogP contribution < -0.4 is 10.5 Å². The first-order valence-corrected chi connectivity index (χ1v) is 7.10. The lowest BCUT2D eigenvalue weighted by atomic mass is 9.86. The maximum atomic E-state index is 9.31. The van der Waals surface area contributed by atoms with E-state index in [0.717, 1.165) is 34.7 Å². The average Bonchev–Trinajstić information content (AvgIpc) is 2.43. The Hall–Kier alpha value is -0.770. The third kappa shape index (κ3) is 4.10. The summed E-state index contributed by atoms with van der Waals surface area (Å²) in [5.74, 6) is 1.28. The number of hydrogen-bond acceptors (Lipinski definition) is 3. The van der Waals surface area contributed by atoms with Gasteiger partial charge in [-0.25, -0.2) is 0 Å². The molecule has 2 unspecified atom stereocenters. The van der Waals surface area contributed by atoms with Crippen molar-refractivity contribution in [2.45, 2.75) is 32.6 Å². The molecule has 0 aliphatic rings. The molecule has 3 N–H and O–H groups in total. The molecule has 0 heterocycles. The SMILES string of the molecule is CCC(CC(CN)CO)c1cc(Cl)c(C)cc1OC. The van der Waals surface area contributed by atoms with Gasteiger partial charge in [-0.3, -0.25) is 0 Å². The largest absolute Gasteiger partial charge is 0.496 e. The second-order valence-electron chi connectivity index (χ2n) is 4.97. The van der Waals surface area contributed by atoms with Gasteiger partial charge < -0.3 is 15.6 Å². The van der Waals surface area contributed by atoms with Gasteiger partial charge in [0.15, 0.2) is 0 Å². The molecule has 1 rings (SSSR count). The number of halogens is 1. The van der Waals surface area contributed by atoms with Crippen LogP contribution in [-0.4, -0.2) is 25.4 Å². The van der Waals surface area contributed by atoms with Crippen molar-refractivity contribution in [2.24, 2.45) is 11.7 Å². The number of hydrogen-bond donors (Lipinski definition) is 2. The molecule has 4 heteroatoms. The van der Waals surface area contributed by atoms with Gasteiger partial charge in [0.2, 0.25) is 0 Å². The second kappa shape index (κ2) is 7.73. The van der Waals surface area contributed by atoms with E-state index >= 15 is 0 Å². The smallest absolute Gasteiger partial charge is 0.122 e. The highest BCUT2D eigenvalue weighted by molar-refractivity contribution is 6.31. The van der Waals surface area contributed by atoms with E-state index in [1.165, 1.54) is 0 Å². The molecule has 0 aliphatic heterocycles. The fraction of sp³-hybridized carbons (Fsp3) is 0.600. The van der Waals surface area contributed by atoms with Gasteiger partial charge in [0.1, 0.15) is 5.75 Å². The van der Waals surface area contributed by atoms with E-state index in [0.29, 0.717) is 12.5 Å². The Bertz CT molecular complexity index is 405. The van der Waals surface area contributed by atoms with Crippen LogP contribution in [0.15, 0.2) is 12.1 Å². The molecular formula is C15H24ClNO2. The fourth-order valence-electron chi connectivity index (χ4n) is 2.33. The van der Waals surface area contributed by atoms with Crippen molar-refractivity contribution < 1.29 is 9.84 Å². The summed E-state index contributed by atoms with van der Waals surface area (Å²) in [6, 6.07) is 3.95. The summed E-state index contributed by atoms with van der Waals surface area (Å²) in [5.41, 5.74) is 7.78. The lowest BCUT2D eigenvalue weighted by molar-refractivity contribution is 0.214. The maximum Gasteiger partial charge on any atom is 0.122 e. The number of ether oxygens (including phenoxy) is 1. The fourth-order valence-corrected chi connectivity index (χ4v) is 2.50. The molecule has 0 saturated carbocycles. The maximum absolute atomic E-state index is 9.31. The molecule has 0 saturated heterocycles. The molecule has 0 radical (unpaired) electrons. The Morgan fingerprint density at radius 2 is 2.11 bits per heavy atom. The zero-order valence-electron chi connectivity index (χ0n) is 11.9. The Morgan fingerprint density at radius 1 is 1.42 bits per heavy atom. The Morgan fingerprint density at radius 3 is 2.58 bits per heavy atom. The number of benzene rings is 1. The van der Waals surface area contributed by atoms with Gasteiger partial charge in [0, 0.05) is 11.6 Å². The van der Waals surface area contributed by atoms with Crippen LogP contribution in [0.1, 0.15) is 36.8 Å². The Labute approximate surface area is 120 Å². The van der Waals surface area contributed by atoms with E-state index in [-0.39, 0.29) is 12.5 Å². The van der Waals surface area contributed by atoms with Crippen molar-refractivity contribution in [3.8, 4) is 5.75 Å². The van der Waals surface area contributed by atoms with E-state index in [9.17, 15) is 5.11 Å². The van der Waals surface area contributed by atoms with Crippen molar-refractivity contribution >= 4 is 11.6 Å². The summed E-state index contributed by atoms with van der Waals surface area (Å²) < 4.78 is 5.46. The van der Waals surface area contributed by atoms with Gasteiger partial charge in [-0.05, 0) is 61.4 Å². The molecule has 0 aliphatic carbocycles. The summed E-state index contributed by atoms with van der Waals surface area (Å²) in [5, 5.41) is 10.1. The quantitative estimate of drug-likeness (QED) is 0.809. The standard InChI is InChI=1S/C15H24ClNO2/c1-4-12(6-11(8-17)9-18)13-7-14(16)10(2)5-15(13)19-3/h5,7,11-12,18H,4,6,8-9,17H2,1-3H3. The molecule has 1 aromatic carbocycles. The first kappa shape index (κ1) is 16.3. The van der Waals surface area contributed by atoms with Crippen molar-refractivity contribution in [1.29, 1.82) is 0 Å². The van der Waals surface area contributed by atoms with Gasteiger partial charge in [-0.1, -0.05) is 18.5 Å². The third-order valence-electron chi connectivity index (χ3n) is 3.65. The van der Waals surface area contributed by atoms with E-state index in [1.807, 2.05) is 19.1 Å². The lowest BCUT2D eigenvalue weighted by Gasteiger charge is -2.23. The molecule has 108 valence electrons. The zero-order valence-corrected chi connectivity index (χ0v) is 12.7. The van der Waals surface area contributed by atoms with Crippen molar-refractivity contribution in [3.05, 3.63) is 28.3 Å². The molecule has 19 heavy (non-hydrogen) atoms. The second-order valence-corrected chi connectivity index (χ2v) is 5.38. The number of aliphatic hydroxyl groups excluding tert-OH is 1. The minimum Gasteiger partial charge on any atom is -0.496 e. The summed E-state index contributed by atoms with van der Waals surface area (Å²) in [4.78, 5) is 0. The Balaban J connectivity index is 3.06. The number of aryl methyl sites for hydroxylation is 1. The van der Waals surface area contributed by atoms with E-state index in [4.69, 9.17) is 22.1 Å². The summed E-state index contributed by atoms with van der Waals surface area (Å²) in [6.45, 7) is 4.71. The van der Waals surface area contributed by atoms with Crippen LogP contribution in [0.2, 0.25) is 5.02 Å². The van der Waals surface area contributed by atoms with Crippen LogP contribution in [0, 0.1) is 12.8 Å². The predicted molar refractivity (Wildman–Crippen MR) is 80.0 cm³/mol. The highest BCUT2D eigenvalue weighted by Gasteiger charge is 2.20. The molecular weight excluding hydrogens is 262 g/mol. The number of rotatable bonds is 7. The summed E-state index contributed by atoms with van der Waals surface area (Å²) in [6.07, 6.45) is 1.81. The third-order valence-corrected chi connectivity index (χ3v) is 4.06. The van der Waals surface area contributed by atoms with Crippen LogP contribution >= 0.6 is 11.6 Å². The van der Waals surface area contributed by atoms with Crippen LogP contribution in [0.5, 0.6) is 5.75 Å². The van der Waals surface area contributed by atoms with Crippen molar-refractivity contribution in [2.75, 3.05) is 20.3 Å².